The first-order valence-electron chi connectivity index (χ1n) is 9.28. The van der Waals surface area contributed by atoms with Gasteiger partial charge < -0.3 is 10.0 Å². The van der Waals surface area contributed by atoms with Crippen molar-refractivity contribution >= 4 is 46.1 Å². The number of carbonyl (C=O) groups is 1. The first kappa shape index (κ1) is 20.3. The summed E-state index contributed by atoms with van der Waals surface area (Å²) in [4.78, 5) is 19.4. The van der Waals surface area contributed by atoms with E-state index in [4.69, 9.17) is 28.2 Å². The maximum Gasteiger partial charge on any atom is 0.344 e. The molecule has 2 atom stereocenters. The molecule has 2 heterocycles. The van der Waals surface area contributed by atoms with Crippen molar-refractivity contribution in [2.75, 3.05) is 0 Å². The van der Waals surface area contributed by atoms with Crippen LogP contribution in [0.25, 0.3) is 0 Å². The second-order valence-corrected chi connectivity index (χ2v) is 9.50. The van der Waals surface area contributed by atoms with Gasteiger partial charge in [0.2, 0.25) is 0 Å². The molecule has 4 nitrogen and oxygen atoms in total. The molecule has 0 unspecified atom stereocenters. The normalized spacial score (nSPS) is 23.6. The Balaban J connectivity index is 1.92. The number of fused-ring (bicyclic) bond motifs is 1. The number of benzene rings is 2. The SMILES string of the molecule is CC(C)C1=C(C(=O)O)SC2=N[C@](C)(c3ccc(Cl)cc3)[C@@H](c3ccc(Cl)cc3)N21. The second-order valence-electron chi connectivity index (χ2n) is 7.65. The third-order valence-electron chi connectivity index (χ3n) is 5.37. The Morgan fingerprint density at radius 3 is 2.17 bits per heavy atom. The molecule has 0 amide bonds. The van der Waals surface area contributed by atoms with Crippen molar-refractivity contribution in [1.82, 2.24) is 4.90 Å². The average Bonchev–Trinajstić information content (AvgIpc) is 3.16. The standard InChI is InChI=1S/C22H20Cl2N2O2S/c1-12(2)17-18(20(27)28)29-21-25-22(3,14-6-10-16(24)11-7-14)19(26(17)21)13-4-8-15(23)9-5-13/h4-12,19H,1-3H3,(H,27,28)/t19-,22-/m1/s1. The minimum atomic E-state index is -0.918. The third-order valence-corrected chi connectivity index (χ3v) is 6.93. The summed E-state index contributed by atoms with van der Waals surface area (Å²) >= 11 is 13.5. The number of carboxylic acid groups (broad SMARTS) is 1. The molecule has 2 aliphatic heterocycles. The van der Waals surface area contributed by atoms with Crippen LogP contribution in [-0.2, 0) is 10.3 Å². The predicted molar refractivity (Wildman–Crippen MR) is 119 cm³/mol. The Morgan fingerprint density at radius 2 is 1.66 bits per heavy atom. The average molecular weight is 447 g/mol. The number of hydrogen-bond donors (Lipinski definition) is 1. The zero-order chi connectivity index (χ0) is 20.9. The molecule has 0 spiro atoms. The van der Waals surface area contributed by atoms with Crippen LogP contribution < -0.4 is 0 Å². The summed E-state index contributed by atoms with van der Waals surface area (Å²) in [5, 5.41) is 11.8. The molecule has 0 aliphatic carbocycles. The van der Waals surface area contributed by atoms with Crippen molar-refractivity contribution in [3.05, 3.63) is 80.3 Å². The molecule has 4 rings (SSSR count). The predicted octanol–water partition coefficient (Wildman–Crippen LogP) is 6.32. The number of nitrogens with zero attached hydrogens (tertiary/aromatic N) is 2. The lowest BCUT2D eigenvalue weighted by atomic mass is 9.81. The van der Waals surface area contributed by atoms with Gasteiger partial charge in [-0.1, -0.05) is 61.3 Å². The van der Waals surface area contributed by atoms with Gasteiger partial charge in [-0.2, -0.15) is 0 Å². The number of aliphatic imine (C=N–C) groups is 1. The summed E-state index contributed by atoms with van der Waals surface area (Å²) in [5.41, 5.74) is 2.23. The van der Waals surface area contributed by atoms with Crippen molar-refractivity contribution in [2.24, 2.45) is 10.9 Å². The van der Waals surface area contributed by atoms with Gasteiger partial charge in [0.1, 0.15) is 10.4 Å². The molecule has 7 heteroatoms. The fraction of sp³-hybridized carbons (Fsp3) is 0.273. The molecule has 0 saturated carbocycles. The van der Waals surface area contributed by atoms with E-state index < -0.39 is 11.5 Å². The van der Waals surface area contributed by atoms with Gasteiger partial charge in [-0.25, -0.2) is 9.79 Å². The van der Waals surface area contributed by atoms with Gasteiger partial charge in [0.05, 0.1) is 6.04 Å². The molecule has 2 aromatic rings. The van der Waals surface area contributed by atoms with Gasteiger partial charge in [-0.3, -0.25) is 0 Å². The fourth-order valence-electron chi connectivity index (χ4n) is 4.06. The zero-order valence-electron chi connectivity index (χ0n) is 16.2. The highest BCUT2D eigenvalue weighted by molar-refractivity contribution is 8.18. The van der Waals surface area contributed by atoms with E-state index in [-0.39, 0.29) is 12.0 Å². The van der Waals surface area contributed by atoms with Crippen molar-refractivity contribution in [2.45, 2.75) is 32.4 Å². The van der Waals surface area contributed by atoms with Crippen LogP contribution in [0.3, 0.4) is 0 Å². The van der Waals surface area contributed by atoms with Crippen LogP contribution >= 0.6 is 35.0 Å². The summed E-state index contributed by atoms with van der Waals surface area (Å²) in [7, 11) is 0. The minimum Gasteiger partial charge on any atom is -0.477 e. The molecule has 150 valence electrons. The number of rotatable bonds is 4. The van der Waals surface area contributed by atoms with Crippen LogP contribution in [0.1, 0.15) is 37.9 Å². The lowest BCUT2D eigenvalue weighted by Gasteiger charge is -2.37. The lowest BCUT2D eigenvalue weighted by Crippen LogP contribution is -2.36. The smallest absolute Gasteiger partial charge is 0.344 e. The fourth-order valence-corrected chi connectivity index (χ4v) is 5.56. The van der Waals surface area contributed by atoms with E-state index in [0.717, 1.165) is 16.8 Å². The number of aliphatic carboxylic acids is 1. The molecular formula is C22H20Cl2N2O2S. The molecule has 0 aromatic heterocycles. The number of amidine groups is 1. The molecule has 29 heavy (non-hydrogen) atoms. The van der Waals surface area contributed by atoms with Crippen molar-refractivity contribution < 1.29 is 9.90 Å². The molecule has 0 fully saturated rings. The molecule has 2 aromatic carbocycles. The summed E-state index contributed by atoms with van der Waals surface area (Å²) < 4.78 is 0. The number of carboxylic acids is 1. The van der Waals surface area contributed by atoms with Crippen LogP contribution in [0, 0.1) is 5.92 Å². The highest BCUT2D eigenvalue weighted by atomic mass is 35.5. The maximum absolute atomic E-state index is 11.9. The zero-order valence-corrected chi connectivity index (χ0v) is 18.5. The Labute approximate surface area is 184 Å². The number of allylic oxidation sites excluding steroid dienone is 1. The summed E-state index contributed by atoms with van der Waals surface area (Å²) in [6.45, 7) is 6.11. The highest BCUT2D eigenvalue weighted by Gasteiger charge is 2.53. The van der Waals surface area contributed by atoms with Gasteiger partial charge in [-0.05, 0) is 60.0 Å². The van der Waals surface area contributed by atoms with E-state index >= 15 is 0 Å². The first-order chi connectivity index (χ1) is 13.7. The molecule has 0 radical (unpaired) electrons. The van der Waals surface area contributed by atoms with Crippen molar-refractivity contribution in [1.29, 1.82) is 0 Å². The minimum absolute atomic E-state index is 0.0312. The van der Waals surface area contributed by atoms with Gasteiger partial charge in [0.15, 0.2) is 5.17 Å². The van der Waals surface area contributed by atoms with Crippen molar-refractivity contribution in [3.63, 3.8) is 0 Å². The van der Waals surface area contributed by atoms with Gasteiger partial charge in [0, 0.05) is 15.7 Å². The largest absolute Gasteiger partial charge is 0.477 e. The number of hydrogen-bond acceptors (Lipinski definition) is 4. The molecule has 1 N–H and O–H groups in total. The molecule has 0 saturated heterocycles. The quantitative estimate of drug-likeness (QED) is 0.596. The summed E-state index contributed by atoms with van der Waals surface area (Å²) in [6, 6.07) is 15.2. The van der Waals surface area contributed by atoms with Crippen LogP contribution in [0.4, 0.5) is 0 Å². The van der Waals surface area contributed by atoms with Crippen LogP contribution in [0.15, 0.2) is 64.1 Å². The molecule has 0 bridgehead atoms. The summed E-state index contributed by atoms with van der Waals surface area (Å²) in [6.07, 6.45) is 0. The van der Waals surface area contributed by atoms with Gasteiger partial charge >= 0.3 is 5.97 Å². The van der Waals surface area contributed by atoms with Gasteiger partial charge in [-0.15, -0.1) is 0 Å². The first-order valence-corrected chi connectivity index (χ1v) is 10.9. The maximum atomic E-state index is 11.9. The van der Waals surface area contributed by atoms with E-state index in [1.807, 2.05) is 62.4 Å². The van der Waals surface area contributed by atoms with E-state index in [0.29, 0.717) is 20.1 Å². The van der Waals surface area contributed by atoms with Crippen LogP contribution in [0.5, 0.6) is 0 Å². The second kappa shape index (κ2) is 7.38. The van der Waals surface area contributed by atoms with Crippen LogP contribution in [-0.4, -0.2) is 21.1 Å². The third kappa shape index (κ3) is 3.35. The Morgan fingerprint density at radius 1 is 1.10 bits per heavy atom. The Kier molecular flexibility index (Phi) is 5.18. The van der Waals surface area contributed by atoms with E-state index in [2.05, 4.69) is 11.8 Å². The Bertz CT molecular complexity index is 1030. The van der Waals surface area contributed by atoms with E-state index in [9.17, 15) is 9.90 Å². The highest BCUT2D eigenvalue weighted by Crippen LogP contribution is 2.56. The van der Waals surface area contributed by atoms with E-state index in [1.165, 1.54) is 11.8 Å². The number of halogens is 2. The monoisotopic (exact) mass is 446 g/mol. The van der Waals surface area contributed by atoms with Crippen LogP contribution in [0.2, 0.25) is 10.0 Å². The molecular weight excluding hydrogens is 427 g/mol. The Hall–Kier alpha value is -1.95. The lowest BCUT2D eigenvalue weighted by molar-refractivity contribution is -0.131. The van der Waals surface area contributed by atoms with Crippen molar-refractivity contribution in [3.8, 4) is 0 Å². The van der Waals surface area contributed by atoms with Gasteiger partial charge in [0.25, 0.3) is 0 Å². The molecule has 2 aliphatic rings. The topological polar surface area (TPSA) is 52.9 Å². The summed E-state index contributed by atoms with van der Waals surface area (Å²) in [5.74, 6) is -0.887. The number of thioether (sulfide) groups is 1. The van der Waals surface area contributed by atoms with E-state index in [1.54, 1.807) is 0 Å².